The molecule has 1 saturated heterocycles. The fourth-order valence-corrected chi connectivity index (χ4v) is 3.59. The predicted octanol–water partition coefficient (Wildman–Crippen LogP) is 5.90. The minimum atomic E-state index is -0.236. The van der Waals surface area contributed by atoms with E-state index >= 15 is 0 Å². The van der Waals surface area contributed by atoms with E-state index in [1.165, 1.54) is 5.56 Å². The fraction of sp³-hybridized carbons (Fsp3) is 0.545. The van der Waals surface area contributed by atoms with E-state index in [1.807, 2.05) is 6.08 Å². The molecule has 1 aliphatic heterocycles. The fourth-order valence-electron chi connectivity index (χ4n) is 3.59. The zero-order valence-corrected chi connectivity index (χ0v) is 15.0. The van der Waals surface area contributed by atoms with Crippen LogP contribution in [0.5, 0.6) is 0 Å². The topological polar surface area (TPSA) is 18.5 Å². The first kappa shape index (κ1) is 18.3. The molecule has 0 spiro atoms. The molecule has 2 aliphatic rings. The minimum Gasteiger partial charge on any atom is -0.348 e. The smallest absolute Gasteiger partial charge is 0.183 e. The Morgan fingerprint density at radius 2 is 1.84 bits per heavy atom. The number of rotatable bonds is 7. The van der Waals surface area contributed by atoms with Gasteiger partial charge in [-0.2, -0.15) is 0 Å². The van der Waals surface area contributed by atoms with Crippen molar-refractivity contribution in [1.82, 2.24) is 0 Å². The van der Waals surface area contributed by atoms with E-state index in [9.17, 15) is 4.39 Å². The van der Waals surface area contributed by atoms with E-state index in [0.29, 0.717) is 18.3 Å². The Hall–Kier alpha value is -1.45. The van der Waals surface area contributed by atoms with E-state index in [4.69, 9.17) is 9.47 Å². The highest BCUT2D eigenvalue weighted by Gasteiger charge is 2.23. The molecular weight excluding hydrogens is 315 g/mol. The highest BCUT2D eigenvalue weighted by molar-refractivity contribution is 5.23. The van der Waals surface area contributed by atoms with Crippen LogP contribution in [0.2, 0.25) is 0 Å². The lowest BCUT2D eigenvalue weighted by Gasteiger charge is -2.29. The van der Waals surface area contributed by atoms with Gasteiger partial charge in [-0.15, -0.1) is 6.58 Å². The van der Waals surface area contributed by atoms with E-state index in [0.717, 1.165) is 57.3 Å². The number of allylic oxidation sites excluding steroid dienone is 3. The molecular formula is C22H29FO2. The summed E-state index contributed by atoms with van der Waals surface area (Å²) in [6.07, 6.45) is 10.2. The van der Waals surface area contributed by atoms with E-state index in [-0.39, 0.29) is 12.1 Å². The molecule has 3 rings (SSSR count). The molecule has 1 aromatic rings. The molecule has 0 saturated carbocycles. The van der Waals surface area contributed by atoms with Gasteiger partial charge in [0, 0.05) is 11.5 Å². The third-order valence-corrected chi connectivity index (χ3v) is 5.30. The van der Waals surface area contributed by atoms with Crippen LogP contribution in [0.3, 0.4) is 0 Å². The van der Waals surface area contributed by atoms with Crippen LogP contribution in [-0.4, -0.2) is 13.2 Å². The molecule has 0 amide bonds. The molecule has 2 nitrogen and oxygen atoms in total. The van der Waals surface area contributed by atoms with Gasteiger partial charge in [-0.05, 0) is 56.4 Å². The van der Waals surface area contributed by atoms with E-state index in [1.54, 1.807) is 6.08 Å². The molecule has 1 unspecified atom stereocenters. The lowest BCUT2D eigenvalue weighted by molar-refractivity contribution is -0.205. The molecule has 3 heteroatoms. The molecule has 25 heavy (non-hydrogen) atoms. The summed E-state index contributed by atoms with van der Waals surface area (Å²) in [7, 11) is 0. The summed E-state index contributed by atoms with van der Waals surface area (Å²) < 4.78 is 24.8. The normalized spacial score (nSPS) is 26.9. The summed E-state index contributed by atoms with van der Waals surface area (Å²) in [5.74, 6) is 1.17. The lowest BCUT2D eigenvalue weighted by atomic mass is 9.88. The van der Waals surface area contributed by atoms with Gasteiger partial charge >= 0.3 is 0 Å². The molecule has 0 aromatic heterocycles. The largest absolute Gasteiger partial charge is 0.348 e. The molecule has 1 aliphatic carbocycles. The minimum absolute atomic E-state index is 0.0693. The van der Waals surface area contributed by atoms with Crippen LogP contribution in [0.4, 0.5) is 4.39 Å². The molecule has 1 heterocycles. The second-order valence-electron chi connectivity index (χ2n) is 7.30. The third-order valence-electron chi connectivity index (χ3n) is 5.30. The Morgan fingerprint density at radius 1 is 1.08 bits per heavy atom. The van der Waals surface area contributed by atoms with Crippen molar-refractivity contribution in [3.63, 3.8) is 0 Å². The van der Waals surface area contributed by atoms with Gasteiger partial charge in [-0.1, -0.05) is 36.4 Å². The van der Waals surface area contributed by atoms with Gasteiger partial charge in [-0.25, -0.2) is 4.39 Å². The average Bonchev–Trinajstić information content (AvgIpc) is 2.67. The number of halogens is 1. The maximum atomic E-state index is 13.1. The van der Waals surface area contributed by atoms with Crippen molar-refractivity contribution in [3.05, 3.63) is 60.0 Å². The van der Waals surface area contributed by atoms with E-state index < -0.39 is 0 Å². The quantitative estimate of drug-likeness (QED) is 0.573. The lowest BCUT2D eigenvalue weighted by Crippen LogP contribution is -2.27. The van der Waals surface area contributed by atoms with E-state index in [2.05, 4.69) is 30.8 Å². The van der Waals surface area contributed by atoms with Gasteiger partial charge in [0.15, 0.2) is 6.29 Å². The average molecular weight is 344 g/mol. The summed E-state index contributed by atoms with van der Waals surface area (Å²) in [4.78, 5) is 0. The van der Waals surface area contributed by atoms with Gasteiger partial charge in [0.25, 0.3) is 0 Å². The summed E-state index contributed by atoms with van der Waals surface area (Å²) >= 11 is 0. The maximum Gasteiger partial charge on any atom is 0.183 e. The molecule has 136 valence electrons. The molecule has 1 aromatic carbocycles. The first-order chi connectivity index (χ1) is 12.2. The van der Waals surface area contributed by atoms with Crippen molar-refractivity contribution in [2.45, 2.75) is 51.2 Å². The van der Waals surface area contributed by atoms with Gasteiger partial charge < -0.3 is 9.47 Å². The predicted molar refractivity (Wildman–Crippen MR) is 98.9 cm³/mol. The van der Waals surface area contributed by atoms with Crippen LogP contribution in [0.1, 0.15) is 55.9 Å². The Kier molecular flexibility index (Phi) is 6.83. The van der Waals surface area contributed by atoms with Crippen molar-refractivity contribution in [1.29, 1.82) is 0 Å². The Balaban J connectivity index is 1.44. The maximum absolute atomic E-state index is 13.1. The molecule has 0 N–H and O–H groups in total. The summed E-state index contributed by atoms with van der Waals surface area (Å²) in [6, 6.07) is 8.57. The standard InChI is InChI=1S/C22H29FO2/c1-2-3-4-19-15-24-22(25-16-19)20-11-7-17(8-12-20)5-6-18-9-13-21(23)14-10-18/h2,7-8,11-13,18-19,22H,1,3-6,9-10,14-16H2/t18?,19-,22-. The zero-order valence-electron chi connectivity index (χ0n) is 15.0. The Labute approximate surface area is 150 Å². The second-order valence-corrected chi connectivity index (χ2v) is 7.30. The first-order valence-electron chi connectivity index (χ1n) is 9.52. The molecule has 0 bridgehead atoms. The number of benzene rings is 1. The number of aryl methyl sites for hydroxylation is 1. The van der Waals surface area contributed by atoms with Crippen molar-refractivity contribution >= 4 is 0 Å². The van der Waals surface area contributed by atoms with Crippen molar-refractivity contribution in [3.8, 4) is 0 Å². The highest BCUT2D eigenvalue weighted by atomic mass is 19.1. The molecule has 1 atom stereocenters. The summed E-state index contributed by atoms with van der Waals surface area (Å²) in [5.41, 5.74) is 2.42. The van der Waals surface area contributed by atoms with Gasteiger partial charge in [0.2, 0.25) is 0 Å². The number of hydrogen-bond acceptors (Lipinski definition) is 2. The molecule has 0 radical (unpaired) electrons. The van der Waals surface area contributed by atoms with Crippen LogP contribution in [-0.2, 0) is 15.9 Å². The summed E-state index contributed by atoms with van der Waals surface area (Å²) in [5, 5.41) is 0. The third kappa shape index (κ3) is 5.52. The molecule has 1 fully saturated rings. The van der Waals surface area contributed by atoms with Crippen LogP contribution in [0, 0.1) is 11.8 Å². The summed E-state index contributed by atoms with van der Waals surface area (Å²) in [6.45, 7) is 5.27. The Bertz CT molecular complexity index is 570. The van der Waals surface area contributed by atoms with Crippen LogP contribution < -0.4 is 0 Å². The van der Waals surface area contributed by atoms with Gasteiger partial charge in [-0.3, -0.25) is 0 Å². The Morgan fingerprint density at radius 3 is 2.48 bits per heavy atom. The zero-order chi connectivity index (χ0) is 17.5. The van der Waals surface area contributed by atoms with Crippen LogP contribution >= 0.6 is 0 Å². The van der Waals surface area contributed by atoms with Crippen LogP contribution in [0.15, 0.2) is 48.8 Å². The van der Waals surface area contributed by atoms with Crippen molar-refractivity contribution < 1.29 is 13.9 Å². The first-order valence-corrected chi connectivity index (χ1v) is 9.52. The van der Waals surface area contributed by atoms with Gasteiger partial charge in [0.05, 0.1) is 19.0 Å². The number of ether oxygens (including phenoxy) is 2. The van der Waals surface area contributed by atoms with Gasteiger partial charge in [0.1, 0.15) is 0 Å². The van der Waals surface area contributed by atoms with Crippen molar-refractivity contribution in [2.24, 2.45) is 11.8 Å². The highest BCUT2D eigenvalue weighted by Crippen LogP contribution is 2.29. The van der Waals surface area contributed by atoms with Crippen LogP contribution in [0.25, 0.3) is 0 Å². The number of hydrogen-bond donors (Lipinski definition) is 0. The monoisotopic (exact) mass is 344 g/mol. The second kappa shape index (κ2) is 9.30. The van der Waals surface area contributed by atoms with Crippen molar-refractivity contribution in [2.75, 3.05) is 13.2 Å². The SMILES string of the molecule is C=CCC[C@H]1CO[C@H](c2ccc(CCC3CC=C(F)CC3)cc2)OC1.